The number of carbonyl (C=O) groups is 1. The normalized spacial score (nSPS) is 14.7. The van der Waals surface area contributed by atoms with Gasteiger partial charge in [0, 0.05) is 5.56 Å². The van der Waals surface area contributed by atoms with Crippen LogP contribution in [0.15, 0.2) is 36.4 Å². The first-order valence-corrected chi connectivity index (χ1v) is 5.77. The zero-order valence-electron chi connectivity index (χ0n) is 10.7. The summed E-state index contributed by atoms with van der Waals surface area (Å²) in [6, 6.07) is 7.36. The molecule has 1 atom stereocenters. The van der Waals surface area contributed by atoms with E-state index in [2.05, 4.69) is 0 Å². The van der Waals surface area contributed by atoms with Crippen molar-refractivity contribution in [3.8, 4) is 5.75 Å². The first-order chi connectivity index (χ1) is 9.70. The van der Waals surface area contributed by atoms with Crippen LogP contribution in [0.3, 0.4) is 0 Å². The van der Waals surface area contributed by atoms with Crippen molar-refractivity contribution < 1.29 is 32.2 Å². The third-order valence-corrected chi connectivity index (χ3v) is 3.13. The minimum absolute atomic E-state index is 0.279. The Balaban J connectivity index is 2.63. The molecule has 2 aromatic rings. The fraction of sp³-hybridized carbons (Fsp3) is 0.214. The number of aliphatic carboxylic acids is 1. The largest absolute Gasteiger partial charge is 0.497 e. The Morgan fingerprint density at radius 3 is 2.14 bits per heavy atom. The Labute approximate surface area is 116 Å². The van der Waals surface area contributed by atoms with E-state index in [4.69, 9.17) is 9.84 Å². The van der Waals surface area contributed by atoms with Crippen molar-refractivity contribution in [1.82, 2.24) is 0 Å². The summed E-state index contributed by atoms with van der Waals surface area (Å²) in [5.41, 5.74) is -5.42. The van der Waals surface area contributed by atoms with Crippen LogP contribution in [0.4, 0.5) is 17.6 Å². The molecule has 1 N–H and O–H groups in total. The predicted octanol–water partition coefficient (Wildman–Crippen LogP) is 3.66. The van der Waals surface area contributed by atoms with E-state index >= 15 is 0 Å². The highest BCUT2D eigenvalue weighted by Gasteiger charge is 2.63. The summed E-state index contributed by atoms with van der Waals surface area (Å²) >= 11 is 0. The molecule has 2 rings (SSSR count). The molecule has 0 unspecified atom stereocenters. The molecule has 0 aliphatic heterocycles. The molecule has 21 heavy (non-hydrogen) atoms. The third-order valence-electron chi connectivity index (χ3n) is 3.13. The van der Waals surface area contributed by atoms with Gasteiger partial charge in [-0.1, -0.05) is 18.2 Å². The summed E-state index contributed by atoms with van der Waals surface area (Å²) in [5, 5.41) is 9.45. The molecule has 0 aliphatic carbocycles. The van der Waals surface area contributed by atoms with Crippen molar-refractivity contribution in [2.75, 3.05) is 7.11 Å². The summed E-state index contributed by atoms with van der Waals surface area (Å²) in [6.07, 6.45) is -5.56. The van der Waals surface area contributed by atoms with Crippen LogP contribution < -0.4 is 4.74 Å². The van der Waals surface area contributed by atoms with Gasteiger partial charge in [-0.3, -0.25) is 0 Å². The molecule has 0 bridgehead atoms. The Morgan fingerprint density at radius 2 is 1.62 bits per heavy atom. The van der Waals surface area contributed by atoms with Crippen LogP contribution in [0.1, 0.15) is 5.56 Å². The van der Waals surface area contributed by atoms with Crippen LogP contribution >= 0.6 is 0 Å². The standard InChI is InChI=1S/C14H10F4O3/c1-21-11-5-3-8-6-10(4-2-9(8)7-11)13(15,12(19)20)14(16,17)18/h2-7H,1H3,(H,19,20)/t13-/m0/s1. The Morgan fingerprint density at radius 1 is 1.05 bits per heavy atom. The van der Waals surface area contributed by atoms with Gasteiger partial charge < -0.3 is 9.84 Å². The number of rotatable bonds is 3. The van der Waals surface area contributed by atoms with E-state index in [9.17, 15) is 22.4 Å². The van der Waals surface area contributed by atoms with E-state index in [1.165, 1.54) is 25.3 Å². The van der Waals surface area contributed by atoms with Gasteiger partial charge in [-0.05, 0) is 29.0 Å². The van der Waals surface area contributed by atoms with E-state index in [0.717, 1.165) is 12.1 Å². The van der Waals surface area contributed by atoms with Crippen molar-refractivity contribution in [2.45, 2.75) is 11.8 Å². The first kappa shape index (κ1) is 15.1. The van der Waals surface area contributed by atoms with E-state index < -0.39 is 23.4 Å². The molecule has 3 nitrogen and oxygen atoms in total. The van der Waals surface area contributed by atoms with Crippen LogP contribution in [0.2, 0.25) is 0 Å². The van der Waals surface area contributed by atoms with Crippen molar-refractivity contribution >= 4 is 16.7 Å². The lowest BCUT2D eigenvalue weighted by Gasteiger charge is -2.24. The fourth-order valence-electron chi connectivity index (χ4n) is 1.97. The lowest BCUT2D eigenvalue weighted by Crippen LogP contribution is -2.45. The van der Waals surface area contributed by atoms with Gasteiger partial charge in [0.25, 0.3) is 0 Å². The first-order valence-electron chi connectivity index (χ1n) is 5.77. The van der Waals surface area contributed by atoms with Crippen LogP contribution in [0.5, 0.6) is 5.75 Å². The SMILES string of the molecule is COc1ccc2cc([C@](F)(C(=O)O)C(F)(F)F)ccc2c1. The van der Waals surface area contributed by atoms with Crippen LogP contribution in [-0.4, -0.2) is 24.4 Å². The minimum Gasteiger partial charge on any atom is -0.497 e. The number of ether oxygens (including phenoxy) is 1. The predicted molar refractivity (Wildman–Crippen MR) is 67.0 cm³/mol. The Hall–Kier alpha value is -2.31. The van der Waals surface area contributed by atoms with Crippen LogP contribution in [0, 0.1) is 0 Å². The van der Waals surface area contributed by atoms with Gasteiger partial charge in [0.15, 0.2) is 0 Å². The van der Waals surface area contributed by atoms with Crippen LogP contribution in [-0.2, 0) is 10.5 Å². The third kappa shape index (κ3) is 2.39. The maximum Gasteiger partial charge on any atom is 0.437 e. The molecule has 0 fully saturated rings. The molecule has 0 saturated heterocycles. The van der Waals surface area contributed by atoms with Gasteiger partial charge in [-0.25, -0.2) is 9.18 Å². The van der Waals surface area contributed by atoms with Crippen molar-refractivity contribution in [3.05, 3.63) is 42.0 Å². The highest BCUT2D eigenvalue weighted by Crippen LogP contribution is 2.43. The molecule has 0 aliphatic rings. The number of methoxy groups -OCH3 is 1. The second kappa shape index (κ2) is 4.91. The van der Waals surface area contributed by atoms with E-state index in [-0.39, 0.29) is 5.39 Å². The molecule has 7 heteroatoms. The van der Waals surface area contributed by atoms with Gasteiger partial charge in [0.05, 0.1) is 7.11 Å². The smallest absolute Gasteiger partial charge is 0.437 e. The zero-order valence-corrected chi connectivity index (χ0v) is 10.7. The maximum atomic E-state index is 14.1. The second-order valence-electron chi connectivity index (χ2n) is 4.39. The molecule has 0 heterocycles. The summed E-state index contributed by atoms with van der Waals surface area (Å²) in [4.78, 5) is 10.8. The number of hydrogen-bond donors (Lipinski definition) is 1. The van der Waals surface area contributed by atoms with Crippen molar-refractivity contribution in [1.29, 1.82) is 0 Å². The Kier molecular flexibility index (Phi) is 3.52. The number of carboxylic acids is 1. The minimum atomic E-state index is -5.56. The molecule has 112 valence electrons. The summed E-state index contributed by atoms with van der Waals surface area (Å²) < 4.78 is 57.4. The highest BCUT2D eigenvalue weighted by atomic mass is 19.4. The average molecular weight is 302 g/mol. The van der Waals surface area contributed by atoms with Gasteiger partial charge >= 0.3 is 17.8 Å². The molecule has 0 saturated carbocycles. The topological polar surface area (TPSA) is 46.5 Å². The quantitative estimate of drug-likeness (QED) is 0.880. The van der Waals surface area contributed by atoms with Crippen molar-refractivity contribution in [3.63, 3.8) is 0 Å². The monoisotopic (exact) mass is 302 g/mol. The lowest BCUT2D eigenvalue weighted by molar-refractivity contribution is -0.240. The lowest BCUT2D eigenvalue weighted by atomic mass is 9.93. The molecule has 0 spiro atoms. The molecule has 0 radical (unpaired) electrons. The number of hydrogen-bond acceptors (Lipinski definition) is 2. The van der Waals surface area contributed by atoms with Gasteiger partial charge in [-0.2, -0.15) is 13.2 Å². The molecule has 2 aromatic carbocycles. The zero-order chi connectivity index (χ0) is 15.8. The summed E-state index contributed by atoms with van der Waals surface area (Å²) in [7, 11) is 1.43. The summed E-state index contributed by atoms with van der Waals surface area (Å²) in [5.74, 6) is -2.11. The number of benzene rings is 2. The number of alkyl halides is 4. The Bertz CT molecular complexity index is 696. The second-order valence-corrected chi connectivity index (χ2v) is 4.39. The van der Waals surface area contributed by atoms with Gasteiger partial charge in [0.2, 0.25) is 0 Å². The van der Waals surface area contributed by atoms with E-state index in [0.29, 0.717) is 11.1 Å². The number of fused-ring (bicyclic) bond motifs is 1. The van der Waals surface area contributed by atoms with Crippen molar-refractivity contribution in [2.24, 2.45) is 0 Å². The highest BCUT2D eigenvalue weighted by molar-refractivity contribution is 5.87. The fourth-order valence-corrected chi connectivity index (χ4v) is 1.97. The van der Waals surface area contributed by atoms with Gasteiger partial charge in [-0.15, -0.1) is 0 Å². The summed E-state index contributed by atoms with van der Waals surface area (Å²) in [6.45, 7) is 0. The van der Waals surface area contributed by atoms with Gasteiger partial charge in [0.1, 0.15) is 5.75 Å². The van der Waals surface area contributed by atoms with E-state index in [1.54, 1.807) is 6.07 Å². The molecule has 0 amide bonds. The number of halogens is 4. The molecular weight excluding hydrogens is 292 g/mol. The number of carboxylic acid groups (broad SMARTS) is 1. The molecule has 0 aromatic heterocycles. The molecular formula is C14H10F4O3. The average Bonchev–Trinajstić information content (AvgIpc) is 2.43. The van der Waals surface area contributed by atoms with E-state index in [1.807, 2.05) is 0 Å². The van der Waals surface area contributed by atoms with Crippen LogP contribution in [0.25, 0.3) is 10.8 Å². The maximum absolute atomic E-state index is 14.1.